The van der Waals surface area contributed by atoms with Crippen LogP contribution in [0.5, 0.6) is 0 Å². The van der Waals surface area contributed by atoms with Gasteiger partial charge in [0.25, 0.3) is 0 Å². The van der Waals surface area contributed by atoms with E-state index in [1.165, 1.54) is 19.3 Å². The van der Waals surface area contributed by atoms with Crippen LogP contribution in [0.25, 0.3) is 0 Å². The second-order valence-corrected chi connectivity index (χ2v) is 6.49. The Hall–Kier alpha value is -0.650. The van der Waals surface area contributed by atoms with Crippen molar-refractivity contribution in [3.63, 3.8) is 0 Å². The topological polar surface area (TPSA) is 44.8 Å². The predicted octanol–water partition coefficient (Wildman–Crippen LogP) is 0.167. The number of hydrogen-bond donors (Lipinski definition) is 1. The van der Waals surface area contributed by atoms with Crippen LogP contribution < -0.4 is 5.32 Å². The molecule has 2 saturated heterocycles. The highest BCUT2D eigenvalue weighted by molar-refractivity contribution is 5.78. The van der Waals surface area contributed by atoms with Gasteiger partial charge < -0.3 is 15.0 Å². The monoisotopic (exact) mass is 281 g/mol. The molecule has 1 atom stereocenters. The first-order chi connectivity index (χ1) is 9.81. The van der Waals surface area contributed by atoms with Crippen molar-refractivity contribution < 1.29 is 9.53 Å². The minimum Gasteiger partial charge on any atom is -0.381 e. The molecule has 0 spiro atoms. The van der Waals surface area contributed by atoms with E-state index < -0.39 is 0 Å². The van der Waals surface area contributed by atoms with E-state index in [0.717, 1.165) is 58.4 Å². The lowest BCUT2D eigenvalue weighted by Crippen LogP contribution is -2.51. The van der Waals surface area contributed by atoms with Gasteiger partial charge in [-0.3, -0.25) is 9.69 Å². The first-order valence-electron chi connectivity index (χ1n) is 8.10. The SMILES string of the molecule is O=C(CNCC1CC1)N1CCN(CC2CCOC2)CC1. The van der Waals surface area contributed by atoms with Crippen molar-refractivity contribution in [3.05, 3.63) is 0 Å². The Labute approximate surface area is 121 Å². The molecule has 3 fully saturated rings. The maximum absolute atomic E-state index is 12.1. The Kier molecular flexibility index (Phi) is 4.91. The summed E-state index contributed by atoms with van der Waals surface area (Å²) in [5, 5.41) is 3.29. The zero-order valence-corrected chi connectivity index (χ0v) is 12.4. The minimum absolute atomic E-state index is 0.273. The third-order valence-electron chi connectivity index (χ3n) is 4.67. The average Bonchev–Trinajstić information content (AvgIpc) is 3.15. The number of nitrogens with zero attached hydrogens (tertiary/aromatic N) is 2. The van der Waals surface area contributed by atoms with Gasteiger partial charge in [-0.1, -0.05) is 0 Å². The Bertz CT molecular complexity index is 319. The van der Waals surface area contributed by atoms with E-state index in [9.17, 15) is 4.79 Å². The summed E-state index contributed by atoms with van der Waals surface area (Å²) in [6, 6.07) is 0. The molecule has 1 saturated carbocycles. The van der Waals surface area contributed by atoms with E-state index in [0.29, 0.717) is 12.5 Å². The molecule has 0 aromatic rings. The molecule has 5 heteroatoms. The number of hydrogen-bond acceptors (Lipinski definition) is 4. The molecule has 20 heavy (non-hydrogen) atoms. The maximum Gasteiger partial charge on any atom is 0.236 e. The van der Waals surface area contributed by atoms with Crippen LogP contribution >= 0.6 is 0 Å². The lowest BCUT2D eigenvalue weighted by Gasteiger charge is -2.35. The number of carbonyl (C=O) groups is 1. The van der Waals surface area contributed by atoms with Crippen LogP contribution in [0.4, 0.5) is 0 Å². The van der Waals surface area contributed by atoms with Crippen molar-refractivity contribution in [1.82, 2.24) is 15.1 Å². The smallest absolute Gasteiger partial charge is 0.236 e. The van der Waals surface area contributed by atoms with Crippen molar-refractivity contribution in [2.75, 3.05) is 59.0 Å². The molecule has 2 heterocycles. The molecule has 0 radical (unpaired) electrons. The summed E-state index contributed by atoms with van der Waals surface area (Å²) < 4.78 is 5.43. The van der Waals surface area contributed by atoms with Crippen molar-refractivity contribution in [2.24, 2.45) is 11.8 Å². The number of ether oxygens (including phenoxy) is 1. The van der Waals surface area contributed by atoms with Gasteiger partial charge in [0.2, 0.25) is 5.91 Å². The van der Waals surface area contributed by atoms with E-state index in [1.54, 1.807) is 0 Å². The quantitative estimate of drug-likeness (QED) is 0.754. The Morgan fingerprint density at radius 2 is 1.90 bits per heavy atom. The molecule has 5 nitrogen and oxygen atoms in total. The van der Waals surface area contributed by atoms with Gasteiger partial charge in [0, 0.05) is 39.3 Å². The van der Waals surface area contributed by atoms with Gasteiger partial charge in [-0.15, -0.1) is 0 Å². The highest BCUT2D eigenvalue weighted by Gasteiger charge is 2.25. The molecule has 1 unspecified atom stereocenters. The van der Waals surface area contributed by atoms with Gasteiger partial charge in [-0.2, -0.15) is 0 Å². The Balaban J connectivity index is 1.31. The van der Waals surface area contributed by atoms with Crippen LogP contribution in [0.1, 0.15) is 19.3 Å². The molecule has 3 rings (SSSR count). The van der Waals surface area contributed by atoms with Crippen LogP contribution in [-0.4, -0.2) is 74.7 Å². The van der Waals surface area contributed by atoms with Crippen molar-refractivity contribution in [1.29, 1.82) is 0 Å². The Morgan fingerprint density at radius 3 is 2.55 bits per heavy atom. The molecule has 0 aromatic heterocycles. The van der Waals surface area contributed by atoms with Crippen LogP contribution in [0.2, 0.25) is 0 Å². The van der Waals surface area contributed by atoms with Crippen molar-refractivity contribution in [3.8, 4) is 0 Å². The number of piperazine rings is 1. The summed E-state index contributed by atoms with van der Waals surface area (Å²) >= 11 is 0. The summed E-state index contributed by atoms with van der Waals surface area (Å²) in [6.45, 7) is 8.34. The molecule has 0 bridgehead atoms. The third-order valence-corrected chi connectivity index (χ3v) is 4.67. The van der Waals surface area contributed by atoms with Crippen LogP contribution in [0, 0.1) is 11.8 Å². The van der Waals surface area contributed by atoms with Crippen molar-refractivity contribution >= 4 is 5.91 Å². The molecule has 0 aromatic carbocycles. The van der Waals surface area contributed by atoms with E-state index >= 15 is 0 Å². The molecule has 1 N–H and O–H groups in total. The van der Waals surface area contributed by atoms with Crippen molar-refractivity contribution in [2.45, 2.75) is 19.3 Å². The summed E-state index contributed by atoms with van der Waals surface area (Å²) in [5.41, 5.74) is 0. The summed E-state index contributed by atoms with van der Waals surface area (Å²) in [7, 11) is 0. The fourth-order valence-corrected chi connectivity index (χ4v) is 3.09. The lowest BCUT2D eigenvalue weighted by molar-refractivity contribution is -0.132. The van der Waals surface area contributed by atoms with E-state index in [-0.39, 0.29) is 5.91 Å². The van der Waals surface area contributed by atoms with E-state index in [4.69, 9.17) is 4.74 Å². The average molecular weight is 281 g/mol. The second-order valence-electron chi connectivity index (χ2n) is 6.49. The summed E-state index contributed by atoms with van der Waals surface area (Å²) in [5.74, 6) is 1.82. The molecule has 2 aliphatic heterocycles. The number of nitrogens with one attached hydrogen (secondary N) is 1. The largest absolute Gasteiger partial charge is 0.381 e. The molecule has 1 amide bonds. The Morgan fingerprint density at radius 1 is 1.10 bits per heavy atom. The zero-order valence-electron chi connectivity index (χ0n) is 12.4. The normalized spacial score (nSPS) is 28.0. The van der Waals surface area contributed by atoms with Gasteiger partial charge in [0.05, 0.1) is 13.2 Å². The fraction of sp³-hybridized carbons (Fsp3) is 0.933. The van der Waals surface area contributed by atoms with Crippen LogP contribution in [0.3, 0.4) is 0 Å². The first kappa shape index (κ1) is 14.3. The lowest BCUT2D eigenvalue weighted by atomic mass is 10.1. The molecule has 114 valence electrons. The molecule has 3 aliphatic rings. The maximum atomic E-state index is 12.1. The number of carbonyl (C=O) groups excluding carboxylic acids is 1. The molecular formula is C15H27N3O2. The summed E-state index contributed by atoms with van der Waals surface area (Å²) in [4.78, 5) is 16.6. The van der Waals surface area contributed by atoms with Crippen LogP contribution in [0.15, 0.2) is 0 Å². The fourth-order valence-electron chi connectivity index (χ4n) is 3.09. The summed E-state index contributed by atoms with van der Waals surface area (Å²) in [6.07, 6.45) is 3.87. The minimum atomic E-state index is 0.273. The highest BCUT2D eigenvalue weighted by Crippen LogP contribution is 2.27. The predicted molar refractivity (Wildman–Crippen MR) is 77.5 cm³/mol. The van der Waals surface area contributed by atoms with Gasteiger partial charge >= 0.3 is 0 Å². The number of amides is 1. The van der Waals surface area contributed by atoms with Crippen LogP contribution in [-0.2, 0) is 9.53 Å². The third kappa shape index (κ3) is 4.17. The van der Waals surface area contributed by atoms with Gasteiger partial charge in [0.1, 0.15) is 0 Å². The standard InChI is InChI=1S/C15H27N3O2/c19-15(10-16-9-13-1-2-13)18-6-4-17(5-7-18)11-14-3-8-20-12-14/h13-14,16H,1-12H2. The highest BCUT2D eigenvalue weighted by atomic mass is 16.5. The zero-order chi connectivity index (χ0) is 13.8. The van der Waals surface area contributed by atoms with E-state index in [1.807, 2.05) is 4.90 Å². The second kappa shape index (κ2) is 6.87. The first-order valence-corrected chi connectivity index (χ1v) is 8.10. The van der Waals surface area contributed by atoms with E-state index in [2.05, 4.69) is 10.2 Å². The molecular weight excluding hydrogens is 254 g/mol. The van der Waals surface area contributed by atoms with Gasteiger partial charge in [0.15, 0.2) is 0 Å². The van der Waals surface area contributed by atoms with Gasteiger partial charge in [-0.25, -0.2) is 0 Å². The molecule has 1 aliphatic carbocycles. The van der Waals surface area contributed by atoms with Gasteiger partial charge in [-0.05, 0) is 37.6 Å². The number of rotatable bonds is 6.